The molecule has 0 aromatic heterocycles. The van der Waals surface area contributed by atoms with Crippen LogP contribution >= 0.6 is 11.8 Å². The minimum atomic E-state index is -3.36. The zero-order chi connectivity index (χ0) is 17.5. The second-order valence-corrected chi connectivity index (χ2v) is 5.74. The van der Waals surface area contributed by atoms with E-state index in [1.165, 1.54) is 11.8 Å². The summed E-state index contributed by atoms with van der Waals surface area (Å²) in [5.41, 5.74) is -3.36. The van der Waals surface area contributed by atoms with Crippen LogP contribution in [0, 0.1) is 5.92 Å². The quantitative estimate of drug-likeness (QED) is 0.236. The van der Waals surface area contributed by atoms with Gasteiger partial charge in [0, 0.05) is 6.42 Å². The molecule has 0 amide bonds. The minimum Gasteiger partial charge on any atom is -0.481 e. The summed E-state index contributed by atoms with van der Waals surface area (Å²) in [7, 11) is 0. The standard InChI is InChI=1S/C12H18O9S/c1-3-22-5-4-7(9(15)16)21-11(19)12(20,10(17)18)6(2)8(13)14/h6-7,20H,3-5H2,1-2H3,(H,13,14)(H,15,16)(H,17,18). The second kappa shape index (κ2) is 8.59. The highest BCUT2D eigenvalue weighted by Crippen LogP contribution is 2.22. The number of carboxylic acid groups (broad SMARTS) is 3. The average Bonchev–Trinajstić information content (AvgIpc) is 2.43. The van der Waals surface area contributed by atoms with Crippen molar-refractivity contribution in [2.24, 2.45) is 5.92 Å². The summed E-state index contributed by atoms with van der Waals surface area (Å²) in [5.74, 6) is -8.17. The van der Waals surface area contributed by atoms with Crippen molar-refractivity contribution < 1.29 is 44.3 Å². The summed E-state index contributed by atoms with van der Waals surface area (Å²) >= 11 is 1.38. The number of carboxylic acids is 3. The number of carbonyl (C=O) groups is 4. The lowest BCUT2D eigenvalue weighted by atomic mass is 9.89. The first-order valence-corrected chi connectivity index (χ1v) is 7.44. The first-order chi connectivity index (χ1) is 10.1. The third-order valence-electron chi connectivity index (χ3n) is 2.89. The molecule has 0 rings (SSSR count). The van der Waals surface area contributed by atoms with E-state index in [2.05, 4.69) is 4.74 Å². The Morgan fingerprint density at radius 1 is 1.14 bits per heavy atom. The normalized spacial score (nSPS) is 16.1. The number of aliphatic carboxylic acids is 3. The Bertz CT molecular complexity index is 450. The molecule has 22 heavy (non-hydrogen) atoms. The zero-order valence-corrected chi connectivity index (χ0v) is 12.8. The molecular formula is C12H18O9S. The Labute approximate surface area is 130 Å². The molecule has 0 fully saturated rings. The predicted molar refractivity (Wildman–Crippen MR) is 74.5 cm³/mol. The van der Waals surface area contributed by atoms with E-state index in [1.54, 1.807) is 0 Å². The summed E-state index contributed by atoms with van der Waals surface area (Å²) in [5, 5.41) is 36.5. The molecule has 126 valence electrons. The number of aliphatic hydroxyl groups is 1. The highest BCUT2D eigenvalue weighted by Gasteiger charge is 2.55. The lowest BCUT2D eigenvalue weighted by molar-refractivity contribution is -0.196. The van der Waals surface area contributed by atoms with E-state index in [4.69, 9.17) is 15.3 Å². The van der Waals surface area contributed by atoms with E-state index in [-0.39, 0.29) is 6.42 Å². The lowest BCUT2D eigenvalue weighted by Crippen LogP contribution is -2.56. The molecule has 0 aliphatic rings. The summed E-state index contributed by atoms with van der Waals surface area (Å²) in [6.07, 6.45) is -1.77. The zero-order valence-electron chi connectivity index (χ0n) is 12.0. The van der Waals surface area contributed by atoms with Crippen molar-refractivity contribution in [1.29, 1.82) is 0 Å². The number of hydrogen-bond acceptors (Lipinski definition) is 7. The fraction of sp³-hybridized carbons (Fsp3) is 0.667. The summed E-state index contributed by atoms with van der Waals surface area (Å²) in [6, 6.07) is 0. The van der Waals surface area contributed by atoms with E-state index in [0.29, 0.717) is 11.5 Å². The van der Waals surface area contributed by atoms with E-state index in [0.717, 1.165) is 6.92 Å². The number of esters is 1. The van der Waals surface area contributed by atoms with Crippen LogP contribution in [-0.4, -0.2) is 67.5 Å². The van der Waals surface area contributed by atoms with Crippen LogP contribution in [-0.2, 0) is 23.9 Å². The number of hydrogen-bond donors (Lipinski definition) is 4. The molecule has 0 heterocycles. The Kier molecular flexibility index (Phi) is 7.88. The van der Waals surface area contributed by atoms with Gasteiger partial charge in [-0.05, 0) is 18.4 Å². The monoisotopic (exact) mass is 338 g/mol. The van der Waals surface area contributed by atoms with Crippen molar-refractivity contribution in [3.05, 3.63) is 0 Å². The Balaban J connectivity index is 5.19. The van der Waals surface area contributed by atoms with E-state index in [9.17, 15) is 24.3 Å². The maximum absolute atomic E-state index is 11.8. The molecule has 4 N–H and O–H groups in total. The van der Waals surface area contributed by atoms with Crippen LogP contribution in [0.5, 0.6) is 0 Å². The van der Waals surface area contributed by atoms with Crippen LogP contribution in [0.4, 0.5) is 0 Å². The molecule has 0 bridgehead atoms. The Morgan fingerprint density at radius 3 is 2.05 bits per heavy atom. The van der Waals surface area contributed by atoms with E-state index < -0.39 is 41.5 Å². The molecule has 10 heteroatoms. The highest BCUT2D eigenvalue weighted by molar-refractivity contribution is 7.99. The van der Waals surface area contributed by atoms with Crippen molar-refractivity contribution in [3.8, 4) is 0 Å². The van der Waals surface area contributed by atoms with Gasteiger partial charge in [-0.25, -0.2) is 14.4 Å². The molecule has 0 saturated heterocycles. The fourth-order valence-corrected chi connectivity index (χ4v) is 2.08. The molecule has 0 saturated carbocycles. The highest BCUT2D eigenvalue weighted by atomic mass is 32.2. The number of ether oxygens (including phenoxy) is 1. The fourth-order valence-electron chi connectivity index (χ4n) is 1.41. The van der Waals surface area contributed by atoms with Crippen LogP contribution in [0.15, 0.2) is 0 Å². The molecule has 0 aliphatic heterocycles. The van der Waals surface area contributed by atoms with Gasteiger partial charge in [0.25, 0.3) is 5.60 Å². The van der Waals surface area contributed by atoms with Crippen molar-refractivity contribution in [2.75, 3.05) is 11.5 Å². The van der Waals surface area contributed by atoms with Gasteiger partial charge < -0.3 is 25.2 Å². The van der Waals surface area contributed by atoms with E-state index in [1.807, 2.05) is 6.92 Å². The van der Waals surface area contributed by atoms with Gasteiger partial charge in [-0.2, -0.15) is 11.8 Å². The Hall–Kier alpha value is -1.81. The van der Waals surface area contributed by atoms with Gasteiger partial charge in [0.15, 0.2) is 6.10 Å². The van der Waals surface area contributed by atoms with Crippen LogP contribution < -0.4 is 0 Å². The topological polar surface area (TPSA) is 158 Å². The van der Waals surface area contributed by atoms with Gasteiger partial charge in [-0.3, -0.25) is 4.79 Å². The Morgan fingerprint density at radius 2 is 1.68 bits per heavy atom. The maximum Gasteiger partial charge on any atom is 0.351 e. The van der Waals surface area contributed by atoms with Crippen molar-refractivity contribution in [1.82, 2.24) is 0 Å². The van der Waals surface area contributed by atoms with Gasteiger partial charge >= 0.3 is 23.9 Å². The smallest absolute Gasteiger partial charge is 0.351 e. The molecular weight excluding hydrogens is 320 g/mol. The summed E-state index contributed by atoms with van der Waals surface area (Å²) < 4.78 is 4.51. The van der Waals surface area contributed by atoms with Crippen molar-refractivity contribution >= 4 is 35.6 Å². The van der Waals surface area contributed by atoms with E-state index >= 15 is 0 Å². The molecule has 0 aromatic rings. The van der Waals surface area contributed by atoms with Gasteiger partial charge in [0.05, 0.1) is 0 Å². The second-order valence-electron chi connectivity index (χ2n) is 4.35. The maximum atomic E-state index is 11.8. The third-order valence-corrected chi connectivity index (χ3v) is 3.82. The number of rotatable bonds is 10. The first kappa shape index (κ1) is 20.2. The molecule has 0 aliphatic carbocycles. The van der Waals surface area contributed by atoms with Crippen LogP contribution in [0.25, 0.3) is 0 Å². The van der Waals surface area contributed by atoms with Crippen LogP contribution in [0.1, 0.15) is 20.3 Å². The number of carbonyl (C=O) groups excluding carboxylic acids is 1. The van der Waals surface area contributed by atoms with Gasteiger partial charge in [0.1, 0.15) is 5.92 Å². The molecule has 9 nitrogen and oxygen atoms in total. The lowest BCUT2D eigenvalue weighted by Gasteiger charge is -2.26. The number of thioether (sulfide) groups is 1. The van der Waals surface area contributed by atoms with Gasteiger partial charge in [-0.1, -0.05) is 6.92 Å². The molecule has 0 radical (unpaired) electrons. The molecule has 0 aromatic carbocycles. The van der Waals surface area contributed by atoms with Crippen LogP contribution in [0.2, 0.25) is 0 Å². The summed E-state index contributed by atoms with van der Waals surface area (Å²) in [4.78, 5) is 44.7. The predicted octanol–water partition coefficient (Wildman–Crippen LogP) is -0.338. The summed E-state index contributed by atoms with van der Waals surface area (Å²) in [6.45, 7) is 2.64. The van der Waals surface area contributed by atoms with Gasteiger partial charge in [-0.15, -0.1) is 0 Å². The van der Waals surface area contributed by atoms with Crippen LogP contribution in [0.3, 0.4) is 0 Å². The average molecular weight is 338 g/mol. The third kappa shape index (κ3) is 4.88. The largest absolute Gasteiger partial charge is 0.481 e. The SMILES string of the molecule is CCSCCC(OC(=O)C(O)(C(=O)O)C(C)C(=O)O)C(=O)O. The molecule has 3 unspecified atom stereocenters. The molecule has 0 spiro atoms. The van der Waals surface area contributed by atoms with Gasteiger partial charge in [0.2, 0.25) is 0 Å². The first-order valence-electron chi connectivity index (χ1n) is 6.29. The minimum absolute atomic E-state index is 0.100. The van der Waals surface area contributed by atoms with Crippen molar-refractivity contribution in [2.45, 2.75) is 32.0 Å². The van der Waals surface area contributed by atoms with Crippen molar-refractivity contribution in [3.63, 3.8) is 0 Å². The molecule has 3 atom stereocenters.